The molecule has 0 aromatic rings. The van der Waals surface area contributed by atoms with Crippen LogP contribution in [0.5, 0.6) is 0 Å². The van der Waals surface area contributed by atoms with Crippen molar-refractivity contribution in [2.45, 2.75) is 18.6 Å². The number of imide groups is 1. The second-order valence-corrected chi connectivity index (χ2v) is 2.77. The van der Waals surface area contributed by atoms with Crippen LogP contribution in [0.1, 0.15) is 6.42 Å². The smallest absolute Gasteiger partial charge is 0.336 e. The van der Waals surface area contributed by atoms with Crippen LogP contribution in [0.2, 0.25) is 0 Å². The van der Waals surface area contributed by atoms with Gasteiger partial charge in [0.05, 0.1) is 6.42 Å². The molecule has 1 rings (SSSR count). The fourth-order valence-electron chi connectivity index (χ4n) is 0.972. The lowest BCUT2D eigenvalue weighted by atomic mass is 10.2. The van der Waals surface area contributed by atoms with Gasteiger partial charge in [0, 0.05) is 0 Å². The summed E-state index contributed by atoms with van der Waals surface area (Å²) in [4.78, 5) is 31.9. The van der Waals surface area contributed by atoms with Gasteiger partial charge in [-0.1, -0.05) is 0 Å². The fraction of sp³-hybridized carbons (Fsp3) is 0.500. The summed E-state index contributed by atoms with van der Waals surface area (Å²) >= 11 is 0. The number of amides is 3. The molecule has 0 spiro atoms. The number of hydroxylamine groups is 2. The molecule has 0 aliphatic carbocycles. The van der Waals surface area contributed by atoms with Gasteiger partial charge in [0.2, 0.25) is 0 Å². The van der Waals surface area contributed by atoms with Crippen molar-refractivity contribution in [2.75, 3.05) is 0 Å². The SMILES string of the molecule is O=C1CC(NC(=O)C(F)(F)F)C(=O)N1O. The zero-order valence-electron chi connectivity index (χ0n) is 7.04. The lowest BCUT2D eigenvalue weighted by Crippen LogP contribution is -2.46. The van der Waals surface area contributed by atoms with Gasteiger partial charge in [-0.3, -0.25) is 19.6 Å². The van der Waals surface area contributed by atoms with Crippen LogP contribution in [-0.4, -0.2) is 40.2 Å². The van der Waals surface area contributed by atoms with Gasteiger partial charge in [0.1, 0.15) is 6.04 Å². The van der Waals surface area contributed by atoms with Crippen LogP contribution in [-0.2, 0) is 14.4 Å². The molecule has 0 saturated carbocycles. The third-order valence-corrected chi connectivity index (χ3v) is 1.68. The number of carbonyl (C=O) groups excluding carboxylic acids is 3. The highest BCUT2D eigenvalue weighted by atomic mass is 19.4. The fourth-order valence-corrected chi connectivity index (χ4v) is 0.972. The Morgan fingerprint density at radius 2 is 2.00 bits per heavy atom. The molecule has 0 radical (unpaired) electrons. The second kappa shape index (κ2) is 3.50. The summed E-state index contributed by atoms with van der Waals surface area (Å²) in [6.45, 7) is 0. The van der Waals surface area contributed by atoms with Crippen molar-refractivity contribution >= 4 is 17.7 Å². The van der Waals surface area contributed by atoms with Crippen LogP contribution in [0.4, 0.5) is 13.2 Å². The molecular formula is C6H5F3N2O4. The minimum absolute atomic E-state index is 0.318. The van der Waals surface area contributed by atoms with E-state index in [9.17, 15) is 27.6 Å². The average Bonchev–Trinajstić information content (AvgIpc) is 2.32. The second-order valence-electron chi connectivity index (χ2n) is 2.77. The molecule has 2 N–H and O–H groups in total. The molecule has 6 nitrogen and oxygen atoms in total. The zero-order chi connectivity index (χ0) is 11.8. The van der Waals surface area contributed by atoms with Crippen molar-refractivity contribution in [1.29, 1.82) is 0 Å². The van der Waals surface area contributed by atoms with E-state index in [1.807, 2.05) is 0 Å². The van der Waals surface area contributed by atoms with Crippen LogP contribution < -0.4 is 5.32 Å². The number of halogens is 3. The maximum absolute atomic E-state index is 11.7. The average molecular weight is 226 g/mol. The van der Waals surface area contributed by atoms with Gasteiger partial charge in [-0.25, -0.2) is 0 Å². The highest BCUT2D eigenvalue weighted by Crippen LogP contribution is 2.17. The van der Waals surface area contributed by atoms with Gasteiger partial charge in [-0.2, -0.15) is 18.2 Å². The number of alkyl halides is 3. The molecule has 0 aromatic carbocycles. The van der Waals surface area contributed by atoms with Crippen LogP contribution >= 0.6 is 0 Å². The van der Waals surface area contributed by atoms with E-state index in [4.69, 9.17) is 5.21 Å². The summed E-state index contributed by atoms with van der Waals surface area (Å²) in [5, 5.41) is 9.63. The minimum atomic E-state index is -5.13. The van der Waals surface area contributed by atoms with Crippen molar-refractivity contribution in [2.24, 2.45) is 0 Å². The summed E-state index contributed by atoms with van der Waals surface area (Å²) in [6.07, 6.45) is -5.82. The summed E-state index contributed by atoms with van der Waals surface area (Å²) in [5.41, 5.74) is 0. The third kappa shape index (κ3) is 2.24. The lowest BCUT2D eigenvalue weighted by Gasteiger charge is -2.11. The van der Waals surface area contributed by atoms with E-state index in [-0.39, 0.29) is 5.06 Å². The van der Waals surface area contributed by atoms with Gasteiger partial charge in [0.15, 0.2) is 0 Å². The van der Waals surface area contributed by atoms with Gasteiger partial charge >= 0.3 is 12.1 Å². The van der Waals surface area contributed by atoms with Crippen molar-refractivity contribution in [3.05, 3.63) is 0 Å². The molecule has 1 aliphatic heterocycles. The zero-order valence-corrected chi connectivity index (χ0v) is 7.04. The minimum Gasteiger partial charge on any atom is -0.336 e. The number of rotatable bonds is 1. The number of nitrogens with zero attached hydrogens (tertiary/aromatic N) is 1. The topological polar surface area (TPSA) is 86.7 Å². The highest BCUT2D eigenvalue weighted by molar-refractivity contribution is 6.05. The van der Waals surface area contributed by atoms with E-state index >= 15 is 0 Å². The first kappa shape index (κ1) is 11.4. The Bertz CT molecular complexity index is 327. The van der Waals surface area contributed by atoms with Crippen molar-refractivity contribution in [1.82, 2.24) is 10.4 Å². The summed E-state index contributed by atoms with van der Waals surface area (Å²) in [6, 6.07) is -1.66. The van der Waals surface area contributed by atoms with E-state index in [0.717, 1.165) is 0 Å². The monoisotopic (exact) mass is 226 g/mol. The standard InChI is InChI=1S/C6H5F3N2O4/c7-6(8,9)5(14)10-2-1-3(12)11(15)4(2)13/h2,15H,1H2,(H,10,14). The van der Waals surface area contributed by atoms with Crippen molar-refractivity contribution < 1.29 is 32.8 Å². The highest BCUT2D eigenvalue weighted by Gasteiger charge is 2.45. The number of nitrogens with one attached hydrogen (secondary N) is 1. The largest absolute Gasteiger partial charge is 0.471 e. The van der Waals surface area contributed by atoms with E-state index in [1.54, 1.807) is 0 Å². The van der Waals surface area contributed by atoms with E-state index in [0.29, 0.717) is 0 Å². The predicted octanol–water partition coefficient (Wildman–Crippen LogP) is -0.818. The molecule has 1 unspecified atom stereocenters. The Morgan fingerprint density at radius 3 is 2.33 bits per heavy atom. The Balaban J connectivity index is 2.66. The number of carbonyl (C=O) groups is 3. The Labute approximate surface area is 80.6 Å². The number of hydrogen-bond acceptors (Lipinski definition) is 4. The maximum atomic E-state index is 11.7. The molecule has 1 fully saturated rings. The van der Waals surface area contributed by atoms with Crippen LogP contribution in [0.25, 0.3) is 0 Å². The maximum Gasteiger partial charge on any atom is 0.471 e. The summed E-state index contributed by atoms with van der Waals surface area (Å²) in [7, 11) is 0. The molecule has 1 aliphatic rings. The third-order valence-electron chi connectivity index (χ3n) is 1.68. The lowest BCUT2D eigenvalue weighted by molar-refractivity contribution is -0.177. The molecule has 1 saturated heterocycles. The van der Waals surface area contributed by atoms with Crippen molar-refractivity contribution in [3.8, 4) is 0 Å². The Hall–Kier alpha value is -1.64. The molecule has 3 amide bonds. The van der Waals surface area contributed by atoms with Gasteiger partial charge in [-0.05, 0) is 0 Å². The first-order valence-electron chi connectivity index (χ1n) is 3.67. The van der Waals surface area contributed by atoms with Gasteiger partial charge < -0.3 is 5.32 Å². The quantitative estimate of drug-likeness (QED) is 0.451. The number of hydrogen-bond donors (Lipinski definition) is 2. The van der Waals surface area contributed by atoms with Gasteiger partial charge in [0.25, 0.3) is 11.8 Å². The molecular weight excluding hydrogens is 221 g/mol. The Morgan fingerprint density at radius 1 is 1.47 bits per heavy atom. The first-order valence-corrected chi connectivity index (χ1v) is 3.67. The molecule has 0 bridgehead atoms. The molecule has 9 heteroatoms. The molecule has 84 valence electrons. The Kier molecular flexibility index (Phi) is 2.67. The van der Waals surface area contributed by atoms with E-state index < -0.39 is 36.4 Å². The molecule has 1 atom stereocenters. The van der Waals surface area contributed by atoms with E-state index in [2.05, 4.69) is 0 Å². The summed E-state index contributed by atoms with van der Waals surface area (Å²) < 4.78 is 35.2. The van der Waals surface area contributed by atoms with E-state index in [1.165, 1.54) is 5.32 Å². The normalized spacial score (nSPS) is 22.1. The van der Waals surface area contributed by atoms with Crippen LogP contribution in [0, 0.1) is 0 Å². The van der Waals surface area contributed by atoms with Crippen LogP contribution in [0.3, 0.4) is 0 Å². The van der Waals surface area contributed by atoms with Gasteiger partial charge in [-0.15, -0.1) is 0 Å². The molecule has 1 heterocycles. The predicted molar refractivity (Wildman–Crippen MR) is 36.2 cm³/mol. The van der Waals surface area contributed by atoms with Crippen LogP contribution in [0.15, 0.2) is 0 Å². The molecule has 0 aromatic heterocycles. The first-order chi connectivity index (χ1) is 6.73. The summed E-state index contributed by atoms with van der Waals surface area (Å²) in [5.74, 6) is -4.67. The molecule has 15 heavy (non-hydrogen) atoms. The van der Waals surface area contributed by atoms with Crippen molar-refractivity contribution in [3.63, 3.8) is 0 Å².